The highest BCUT2D eigenvalue weighted by Crippen LogP contribution is 2.32. The van der Waals surface area contributed by atoms with Gasteiger partial charge in [-0.25, -0.2) is 4.98 Å². The number of amides is 4. The van der Waals surface area contributed by atoms with E-state index in [9.17, 15) is 29.1 Å². The fraction of sp³-hybridized carbons (Fsp3) is 0.405. The molecule has 5 heterocycles. The minimum absolute atomic E-state index is 0.0704. The van der Waals surface area contributed by atoms with Crippen LogP contribution < -0.4 is 10.6 Å². The minimum Gasteiger partial charge on any atom is -0.387 e. The Labute approximate surface area is 329 Å². The molecule has 2 aromatic carbocycles. The van der Waals surface area contributed by atoms with Crippen molar-refractivity contribution in [3.63, 3.8) is 0 Å². The van der Waals surface area contributed by atoms with E-state index in [2.05, 4.69) is 41.0 Å². The Morgan fingerprint density at radius 1 is 0.893 bits per heavy atom. The van der Waals surface area contributed by atoms with Gasteiger partial charge in [0.25, 0.3) is 0 Å². The fourth-order valence-corrected chi connectivity index (χ4v) is 8.94. The highest BCUT2D eigenvalue weighted by Gasteiger charge is 2.39. The van der Waals surface area contributed by atoms with Crippen molar-refractivity contribution in [1.29, 1.82) is 0 Å². The predicted molar refractivity (Wildman–Crippen MR) is 214 cm³/mol. The van der Waals surface area contributed by atoms with Crippen molar-refractivity contribution in [3.05, 3.63) is 89.9 Å². The molecule has 2 aromatic heterocycles. The van der Waals surface area contributed by atoms with Gasteiger partial charge in [-0.1, -0.05) is 79.8 Å². The van der Waals surface area contributed by atoms with Gasteiger partial charge in [-0.15, -0.1) is 0 Å². The number of aromatic nitrogens is 2. The van der Waals surface area contributed by atoms with E-state index in [-0.39, 0.29) is 41.9 Å². The number of hydrogen-bond donors (Lipinski definition) is 3. The normalized spacial score (nSPS) is 19.2. The summed E-state index contributed by atoms with van der Waals surface area (Å²) in [6.45, 7) is 6.05. The van der Waals surface area contributed by atoms with Crippen LogP contribution in [0.2, 0.25) is 0 Å². The summed E-state index contributed by atoms with van der Waals surface area (Å²) in [5.74, 6) is -1.51. The predicted octanol–water partition coefficient (Wildman–Crippen LogP) is 4.00. The van der Waals surface area contributed by atoms with E-state index in [0.717, 1.165) is 45.1 Å². The molecule has 2 saturated heterocycles. The molecule has 2 fully saturated rings. The molecule has 4 atom stereocenters. The second-order valence-electron chi connectivity index (χ2n) is 15.0. The van der Waals surface area contributed by atoms with Gasteiger partial charge in [-0.3, -0.25) is 33.4 Å². The zero-order valence-electron chi connectivity index (χ0n) is 31.8. The van der Waals surface area contributed by atoms with Crippen molar-refractivity contribution in [3.8, 4) is 10.4 Å². The summed E-state index contributed by atoms with van der Waals surface area (Å²) < 4.78 is 1.93. The molecule has 3 aliphatic heterocycles. The topological polar surface area (TPSA) is 166 Å². The van der Waals surface area contributed by atoms with Crippen LogP contribution in [0.15, 0.2) is 78.1 Å². The number of thiazole rings is 1. The van der Waals surface area contributed by atoms with E-state index in [0.29, 0.717) is 43.7 Å². The van der Waals surface area contributed by atoms with Crippen LogP contribution in [0.1, 0.15) is 69.3 Å². The maximum Gasteiger partial charge on any atom is 0.250 e. The molecule has 56 heavy (non-hydrogen) atoms. The molecule has 14 heteroatoms. The molecule has 292 valence electrons. The second kappa shape index (κ2) is 16.7. The third-order valence-corrected chi connectivity index (χ3v) is 11.8. The first-order chi connectivity index (χ1) is 27.0. The van der Waals surface area contributed by atoms with Crippen LogP contribution in [0.5, 0.6) is 0 Å². The number of benzene rings is 2. The van der Waals surface area contributed by atoms with Crippen molar-refractivity contribution in [2.75, 3.05) is 26.2 Å². The highest BCUT2D eigenvalue weighted by atomic mass is 32.1. The molecule has 0 radical (unpaired) electrons. The van der Waals surface area contributed by atoms with E-state index in [4.69, 9.17) is 9.98 Å². The average molecular weight is 778 g/mol. The Balaban J connectivity index is 0.984. The molecular formula is C42H47N7O6S. The van der Waals surface area contributed by atoms with Gasteiger partial charge in [0.05, 0.1) is 41.3 Å². The Kier molecular flexibility index (Phi) is 11.6. The zero-order chi connectivity index (χ0) is 39.5. The summed E-state index contributed by atoms with van der Waals surface area (Å²) in [7, 11) is 0. The number of Topliss-reactive ketones (excluding diaryl/α,β-unsaturated/α-hetero) is 1. The summed E-state index contributed by atoms with van der Waals surface area (Å²) in [5, 5.41) is 14.7. The second-order valence-corrected chi connectivity index (χ2v) is 16.0. The lowest BCUT2D eigenvalue weighted by Gasteiger charge is -2.30. The number of aliphatic hydroxyl groups excluding tert-OH is 1. The van der Waals surface area contributed by atoms with Gasteiger partial charge in [0, 0.05) is 32.4 Å². The van der Waals surface area contributed by atoms with Crippen LogP contribution in [-0.4, -0.2) is 104 Å². The van der Waals surface area contributed by atoms with Gasteiger partial charge in [0.15, 0.2) is 10.7 Å². The van der Waals surface area contributed by atoms with Crippen molar-refractivity contribution in [1.82, 2.24) is 29.8 Å². The molecule has 0 saturated carbocycles. The molecular weight excluding hydrogens is 731 g/mol. The number of hydrogen-bond acceptors (Lipinski definition) is 9. The lowest BCUT2D eigenvalue weighted by Crippen LogP contribution is -2.54. The number of imidazole rings is 1. The maximum absolute atomic E-state index is 13.7. The number of aliphatic imine (C=N–C) groups is 1. The Morgan fingerprint density at radius 2 is 1.61 bits per heavy atom. The van der Waals surface area contributed by atoms with Crippen molar-refractivity contribution in [2.45, 2.75) is 77.0 Å². The van der Waals surface area contributed by atoms with Crippen LogP contribution >= 0.6 is 11.3 Å². The van der Waals surface area contributed by atoms with Crippen LogP contribution in [0.4, 0.5) is 0 Å². The minimum atomic E-state index is -0.854. The van der Waals surface area contributed by atoms with E-state index in [1.165, 1.54) is 18.3 Å². The first-order valence-electron chi connectivity index (χ1n) is 19.2. The fourth-order valence-electron chi connectivity index (χ4n) is 7.95. The molecule has 4 amide bonds. The van der Waals surface area contributed by atoms with Crippen LogP contribution in [0.25, 0.3) is 21.0 Å². The summed E-state index contributed by atoms with van der Waals surface area (Å²) >= 11 is 1.53. The summed E-state index contributed by atoms with van der Waals surface area (Å²) in [5.41, 5.74) is 5.34. The quantitative estimate of drug-likeness (QED) is 0.185. The maximum atomic E-state index is 13.7. The zero-order valence-corrected chi connectivity index (χ0v) is 32.6. The SMILES string of the molecule is CC(=O)N[C@@H](C(=O)N1CCC[C@H]1C(=O)Cc1cn2cc(-c3ccc(C4=CC([C@@H]5CCCN5C(=O)[C@@H](NC(=O)CO)C(C)C)=NC4)cc3)sc2n1)c1ccccc1. The Hall–Kier alpha value is -5.47. The first kappa shape index (κ1) is 38.8. The summed E-state index contributed by atoms with van der Waals surface area (Å²) in [6.07, 6.45) is 9.00. The van der Waals surface area contributed by atoms with Crippen LogP contribution in [0.3, 0.4) is 0 Å². The number of nitrogens with one attached hydrogen (secondary N) is 2. The number of rotatable bonds is 13. The van der Waals surface area contributed by atoms with E-state index < -0.39 is 30.6 Å². The number of fused-ring (bicyclic) bond motifs is 1. The number of aliphatic hydroxyl groups is 1. The lowest BCUT2D eigenvalue weighted by molar-refractivity contribution is -0.140. The highest BCUT2D eigenvalue weighted by molar-refractivity contribution is 7.20. The molecule has 3 N–H and O–H groups in total. The summed E-state index contributed by atoms with van der Waals surface area (Å²) in [4.78, 5) is 79.5. The van der Waals surface area contributed by atoms with Crippen molar-refractivity contribution < 1.29 is 29.1 Å². The van der Waals surface area contributed by atoms with Gasteiger partial charge in [0.1, 0.15) is 18.7 Å². The smallest absolute Gasteiger partial charge is 0.250 e. The Bertz CT molecular complexity index is 2160. The number of carbonyl (C=O) groups is 5. The third-order valence-electron chi connectivity index (χ3n) is 10.8. The van der Waals surface area contributed by atoms with Gasteiger partial charge in [0.2, 0.25) is 23.6 Å². The first-order valence-corrected chi connectivity index (χ1v) is 20.0. The van der Waals surface area contributed by atoms with Crippen LogP contribution in [-0.2, 0) is 30.4 Å². The largest absolute Gasteiger partial charge is 0.387 e. The molecule has 3 aliphatic rings. The van der Waals surface area contributed by atoms with E-state index in [1.807, 2.05) is 53.7 Å². The standard InChI is InChI=1S/C42H47N7O6S/c1-25(2)38(46-37(53)24-50)40(54)48-17-7-11-33(48)32-19-30(21-43-32)27-13-15-28(16-14-27)36-23-47-22-31(45-42(47)56-36)20-35(52)34-12-8-18-49(34)41(55)39(44-26(3)51)29-9-5-4-6-10-29/h4-6,9-10,13-16,19,22-23,25,33-34,38-39,50H,7-8,11-12,17-18,20-21,24H2,1-3H3,(H,44,51)(H,46,53)/t33-,34-,38-,39+/m0/s1. The van der Waals surface area contributed by atoms with Crippen molar-refractivity contribution >= 4 is 57.0 Å². The Morgan fingerprint density at radius 3 is 2.30 bits per heavy atom. The van der Waals surface area contributed by atoms with E-state index in [1.54, 1.807) is 17.0 Å². The molecule has 0 bridgehead atoms. The molecule has 13 nitrogen and oxygen atoms in total. The third kappa shape index (κ3) is 8.21. The molecule has 4 aromatic rings. The van der Waals surface area contributed by atoms with Gasteiger partial charge >= 0.3 is 0 Å². The average Bonchev–Trinajstić information content (AvgIpc) is 4.04. The van der Waals surface area contributed by atoms with Crippen LogP contribution in [0, 0.1) is 5.92 Å². The molecule has 0 unspecified atom stereocenters. The number of nitrogens with zero attached hydrogens (tertiary/aromatic N) is 5. The van der Waals surface area contributed by atoms with Gasteiger partial charge < -0.3 is 25.5 Å². The lowest BCUT2D eigenvalue weighted by atomic mass is 10.00. The van der Waals surface area contributed by atoms with Gasteiger partial charge in [-0.2, -0.15) is 0 Å². The molecule has 0 aliphatic carbocycles. The van der Waals surface area contributed by atoms with Gasteiger partial charge in [-0.05, 0) is 59.9 Å². The van der Waals surface area contributed by atoms with E-state index >= 15 is 0 Å². The number of ketones is 1. The number of likely N-dealkylation sites (tertiary alicyclic amines) is 2. The monoisotopic (exact) mass is 777 g/mol. The molecule has 0 spiro atoms. The summed E-state index contributed by atoms with van der Waals surface area (Å²) in [6, 6.07) is 15.1. The van der Waals surface area contributed by atoms with Crippen molar-refractivity contribution in [2.24, 2.45) is 10.9 Å². The number of carbonyl (C=O) groups excluding carboxylic acids is 5. The molecule has 7 rings (SSSR count).